The fraction of sp³-hybridized carbons (Fsp3) is 0.312. The van der Waals surface area contributed by atoms with E-state index < -0.39 is 17.9 Å². The molecule has 2 aromatic heterocycles. The molecule has 0 radical (unpaired) electrons. The van der Waals surface area contributed by atoms with E-state index in [4.69, 9.17) is 44.3 Å². The molecule has 0 aliphatic heterocycles. The Labute approximate surface area is 165 Å². The maximum atomic E-state index is 11.8. The van der Waals surface area contributed by atoms with Crippen LogP contribution in [-0.4, -0.2) is 40.1 Å². The van der Waals surface area contributed by atoms with Gasteiger partial charge in [-0.3, -0.25) is 14.6 Å². The number of carbonyl (C=O) groups excluding carboxylic acids is 2. The number of halogens is 3. The first kappa shape index (κ1) is 22.1. The Hall–Kier alpha value is -1.96. The van der Waals surface area contributed by atoms with Crippen LogP contribution in [0.3, 0.4) is 0 Å². The van der Waals surface area contributed by atoms with E-state index in [9.17, 15) is 9.59 Å². The predicted octanol–water partition coefficient (Wildman–Crippen LogP) is 3.73. The lowest BCUT2D eigenvalue weighted by atomic mass is 10.1. The lowest BCUT2D eigenvalue weighted by molar-refractivity contribution is -0.157. The molecule has 0 unspecified atom stereocenters. The normalized spacial score (nSPS) is 9.92. The van der Waals surface area contributed by atoms with E-state index >= 15 is 0 Å². The van der Waals surface area contributed by atoms with Gasteiger partial charge < -0.3 is 9.47 Å². The third-order valence-corrected chi connectivity index (χ3v) is 3.69. The van der Waals surface area contributed by atoms with E-state index in [1.807, 2.05) is 0 Å². The van der Waals surface area contributed by atoms with Crippen LogP contribution in [0.5, 0.6) is 0 Å². The molecule has 0 saturated carbocycles. The monoisotopic (exact) mass is 419 g/mol. The van der Waals surface area contributed by atoms with Crippen LogP contribution in [0.25, 0.3) is 0 Å². The quantitative estimate of drug-likeness (QED) is 0.537. The van der Waals surface area contributed by atoms with E-state index in [1.54, 1.807) is 26.0 Å². The van der Waals surface area contributed by atoms with Crippen molar-refractivity contribution in [2.75, 3.05) is 13.2 Å². The second-order valence-electron chi connectivity index (χ2n) is 4.45. The van der Waals surface area contributed by atoms with Crippen molar-refractivity contribution in [3.63, 3.8) is 0 Å². The van der Waals surface area contributed by atoms with Gasteiger partial charge in [0.1, 0.15) is 0 Å². The number of rotatable bonds is 5. The van der Waals surface area contributed by atoms with Gasteiger partial charge in [-0.15, -0.1) is 0 Å². The van der Waals surface area contributed by atoms with E-state index in [2.05, 4.69) is 15.0 Å². The van der Waals surface area contributed by atoms with Gasteiger partial charge in [0.15, 0.2) is 16.2 Å². The maximum Gasteiger partial charge on any atom is 0.326 e. The summed E-state index contributed by atoms with van der Waals surface area (Å²) >= 11 is 16.7. The van der Waals surface area contributed by atoms with Gasteiger partial charge in [-0.2, -0.15) is 0 Å². The summed E-state index contributed by atoms with van der Waals surface area (Å²) < 4.78 is 9.68. The highest BCUT2D eigenvalue weighted by Gasteiger charge is 2.34. The van der Waals surface area contributed by atoms with Crippen molar-refractivity contribution >= 4 is 46.7 Å². The average Bonchev–Trinajstić information content (AvgIpc) is 2.61. The van der Waals surface area contributed by atoms with Crippen molar-refractivity contribution in [3.8, 4) is 0 Å². The van der Waals surface area contributed by atoms with Gasteiger partial charge in [0, 0.05) is 18.6 Å². The van der Waals surface area contributed by atoms with Gasteiger partial charge in [-0.25, -0.2) is 9.97 Å². The Morgan fingerprint density at radius 1 is 0.923 bits per heavy atom. The second-order valence-corrected chi connectivity index (χ2v) is 5.57. The summed E-state index contributed by atoms with van der Waals surface area (Å²) in [5, 5.41) is 0.715. The van der Waals surface area contributed by atoms with Crippen LogP contribution in [-0.2, 0) is 19.1 Å². The van der Waals surface area contributed by atoms with Crippen LogP contribution in [0.15, 0.2) is 30.7 Å². The molecule has 2 heterocycles. The average molecular weight is 421 g/mol. The number of hydrogen-bond acceptors (Lipinski definition) is 7. The van der Waals surface area contributed by atoms with Gasteiger partial charge in [-0.1, -0.05) is 34.8 Å². The molecule has 10 heteroatoms. The Balaban J connectivity index is 0.000000350. The zero-order valence-electron chi connectivity index (χ0n) is 14.0. The number of hydrogen-bond donors (Lipinski definition) is 0. The second kappa shape index (κ2) is 11.6. The molecular formula is C16H16Cl3N3O4. The highest BCUT2D eigenvalue weighted by molar-refractivity contribution is 6.40. The summed E-state index contributed by atoms with van der Waals surface area (Å²) in [4.78, 5) is 34.8. The predicted molar refractivity (Wildman–Crippen MR) is 97.3 cm³/mol. The SMILES string of the molecule is CCOC(=O)C(C(=O)OCC)c1ncccc1Cl.Clc1nccnc1Cl. The number of carbonyl (C=O) groups is 2. The Morgan fingerprint density at radius 3 is 1.81 bits per heavy atom. The van der Waals surface area contributed by atoms with Crippen LogP contribution in [0.2, 0.25) is 15.3 Å². The maximum absolute atomic E-state index is 11.8. The molecule has 0 atom stereocenters. The van der Waals surface area contributed by atoms with Crippen molar-refractivity contribution in [3.05, 3.63) is 51.7 Å². The summed E-state index contributed by atoms with van der Waals surface area (Å²) in [5.74, 6) is -2.66. The molecule has 26 heavy (non-hydrogen) atoms. The Bertz CT molecular complexity index is 707. The van der Waals surface area contributed by atoms with Gasteiger partial charge in [0.05, 0.1) is 23.9 Å². The largest absolute Gasteiger partial charge is 0.465 e. The van der Waals surface area contributed by atoms with E-state index in [0.29, 0.717) is 0 Å². The molecule has 0 spiro atoms. The van der Waals surface area contributed by atoms with Gasteiger partial charge >= 0.3 is 11.9 Å². The molecule has 0 aliphatic rings. The third-order valence-electron chi connectivity index (χ3n) is 2.72. The molecule has 0 saturated heterocycles. The standard InChI is InChI=1S/C12H14ClNO4.C4H2Cl2N2/c1-3-17-11(15)9(12(16)18-4-2)10-8(13)6-5-7-14-10;5-3-4(6)8-2-1-7-3/h5-7,9H,3-4H2,1-2H3;1-2H. The molecule has 0 aromatic carbocycles. The minimum atomic E-state index is -1.24. The number of pyridine rings is 1. The zero-order valence-corrected chi connectivity index (χ0v) is 16.3. The van der Waals surface area contributed by atoms with E-state index in [-0.39, 0.29) is 34.2 Å². The van der Waals surface area contributed by atoms with Crippen molar-refractivity contribution in [2.45, 2.75) is 19.8 Å². The minimum Gasteiger partial charge on any atom is -0.465 e. The lowest BCUT2D eigenvalue weighted by Crippen LogP contribution is -2.27. The van der Waals surface area contributed by atoms with E-state index in [0.717, 1.165) is 0 Å². The molecule has 140 valence electrons. The van der Waals surface area contributed by atoms with Gasteiger partial charge in [0.25, 0.3) is 0 Å². The van der Waals surface area contributed by atoms with Crippen molar-refractivity contribution < 1.29 is 19.1 Å². The first-order valence-electron chi connectivity index (χ1n) is 7.48. The molecule has 0 fully saturated rings. The zero-order chi connectivity index (χ0) is 19.5. The molecule has 7 nitrogen and oxygen atoms in total. The first-order chi connectivity index (χ1) is 12.4. The molecule has 2 aromatic rings. The smallest absolute Gasteiger partial charge is 0.326 e. The van der Waals surface area contributed by atoms with Crippen LogP contribution >= 0.6 is 34.8 Å². The van der Waals surface area contributed by atoms with Crippen molar-refractivity contribution in [1.82, 2.24) is 15.0 Å². The Kier molecular flexibility index (Phi) is 9.87. The summed E-state index contributed by atoms with van der Waals surface area (Å²) in [6, 6.07) is 3.16. The molecule has 0 N–H and O–H groups in total. The molecular weight excluding hydrogens is 405 g/mol. The summed E-state index contributed by atoms with van der Waals surface area (Å²) in [6.07, 6.45) is 4.41. The Morgan fingerprint density at radius 2 is 1.42 bits per heavy atom. The number of aromatic nitrogens is 3. The van der Waals surface area contributed by atoms with Crippen molar-refractivity contribution in [1.29, 1.82) is 0 Å². The molecule has 0 bridgehead atoms. The molecule has 2 rings (SSSR count). The fourth-order valence-electron chi connectivity index (χ4n) is 1.69. The highest BCUT2D eigenvalue weighted by atomic mass is 35.5. The topological polar surface area (TPSA) is 91.3 Å². The summed E-state index contributed by atoms with van der Waals surface area (Å²) in [7, 11) is 0. The number of esters is 2. The van der Waals surface area contributed by atoms with Gasteiger partial charge in [-0.05, 0) is 26.0 Å². The number of nitrogens with zero attached hydrogens (tertiary/aromatic N) is 3. The fourth-order valence-corrected chi connectivity index (χ4v) is 2.13. The van der Waals surface area contributed by atoms with Crippen LogP contribution in [0.1, 0.15) is 25.5 Å². The van der Waals surface area contributed by atoms with Crippen LogP contribution in [0.4, 0.5) is 0 Å². The van der Waals surface area contributed by atoms with Crippen molar-refractivity contribution in [2.24, 2.45) is 0 Å². The van der Waals surface area contributed by atoms with Gasteiger partial charge in [0.2, 0.25) is 0 Å². The summed E-state index contributed by atoms with van der Waals surface area (Å²) in [6.45, 7) is 3.64. The highest BCUT2D eigenvalue weighted by Crippen LogP contribution is 2.24. The lowest BCUT2D eigenvalue weighted by Gasteiger charge is -2.14. The van der Waals surface area contributed by atoms with Crippen LogP contribution in [0, 0.1) is 0 Å². The first-order valence-corrected chi connectivity index (χ1v) is 8.61. The van der Waals surface area contributed by atoms with E-state index in [1.165, 1.54) is 18.6 Å². The minimum absolute atomic E-state index is 0.149. The third kappa shape index (κ3) is 6.74. The molecule has 0 aliphatic carbocycles. The summed E-state index contributed by atoms with van der Waals surface area (Å²) in [5.41, 5.74) is 0.149. The molecule has 0 amide bonds. The number of ether oxygens (including phenoxy) is 2. The van der Waals surface area contributed by atoms with Crippen LogP contribution < -0.4 is 0 Å².